The van der Waals surface area contributed by atoms with Crippen molar-refractivity contribution in [2.45, 2.75) is 0 Å². The lowest BCUT2D eigenvalue weighted by Crippen LogP contribution is -2.32. The Balaban J connectivity index is 2.00. The minimum atomic E-state index is -0.104. The number of hydrogen-bond acceptors (Lipinski definition) is 5. The van der Waals surface area contributed by atoms with Crippen molar-refractivity contribution in [2.24, 2.45) is 0 Å². The topological polar surface area (TPSA) is 89.3 Å². The molecule has 0 fully saturated rings. The van der Waals surface area contributed by atoms with Gasteiger partial charge >= 0.3 is 0 Å². The van der Waals surface area contributed by atoms with Gasteiger partial charge in [0.25, 0.3) is 0 Å². The minimum Gasteiger partial charge on any atom is -0.397 e. The largest absolute Gasteiger partial charge is 0.397 e. The van der Waals surface area contributed by atoms with Crippen LogP contribution in [0.3, 0.4) is 0 Å². The van der Waals surface area contributed by atoms with Gasteiger partial charge in [-0.2, -0.15) is 0 Å². The van der Waals surface area contributed by atoms with Crippen LogP contribution in [0.2, 0.25) is 0 Å². The average molecular weight is 274 g/mol. The molecule has 1 heterocycles. The number of rotatable bonds is 6. The third-order valence-electron chi connectivity index (χ3n) is 2.89. The van der Waals surface area contributed by atoms with E-state index < -0.39 is 0 Å². The zero-order valence-corrected chi connectivity index (χ0v) is 11.3. The highest BCUT2D eigenvalue weighted by Gasteiger charge is 2.06. The summed E-state index contributed by atoms with van der Waals surface area (Å²) < 4.78 is 4.86. The van der Waals surface area contributed by atoms with E-state index in [9.17, 15) is 4.79 Å². The Labute approximate surface area is 117 Å². The summed E-state index contributed by atoms with van der Waals surface area (Å²) in [5, 5.41) is 6.63. The molecule has 0 aliphatic rings. The second-order valence-corrected chi connectivity index (χ2v) is 4.29. The first kappa shape index (κ1) is 14.1. The normalized spacial score (nSPS) is 10.4. The summed E-state index contributed by atoms with van der Waals surface area (Å²) in [6, 6.07) is 7.44. The van der Waals surface area contributed by atoms with Crippen molar-refractivity contribution in [3.05, 3.63) is 30.5 Å². The van der Waals surface area contributed by atoms with Crippen molar-refractivity contribution in [1.29, 1.82) is 0 Å². The number of ether oxygens (including phenoxy) is 1. The van der Waals surface area contributed by atoms with Gasteiger partial charge in [-0.3, -0.25) is 9.78 Å². The Hall–Kier alpha value is -2.34. The molecule has 0 saturated heterocycles. The van der Waals surface area contributed by atoms with Crippen molar-refractivity contribution in [3.8, 4) is 0 Å². The molecule has 0 radical (unpaired) electrons. The fourth-order valence-electron chi connectivity index (χ4n) is 1.86. The number of hydrogen-bond donors (Lipinski definition) is 3. The number of nitrogens with one attached hydrogen (secondary N) is 2. The molecule has 0 spiro atoms. The number of nitrogens with zero attached hydrogens (tertiary/aromatic N) is 1. The standard InChI is InChI=1S/C14H18N4O2/c1-20-8-7-17-13(19)9-18-12-5-4-11-10(14(12)15)3-2-6-16-11/h2-6,18H,7-9,15H2,1H3,(H,17,19). The van der Waals surface area contributed by atoms with Crippen LogP contribution in [0.5, 0.6) is 0 Å². The van der Waals surface area contributed by atoms with Crippen LogP contribution in [0.4, 0.5) is 11.4 Å². The third kappa shape index (κ3) is 3.36. The molecule has 0 unspecified atom stereocenters. The maximum Gasteiger partial charge on any atom is 0.239 e. The van der Waals surface area contributed by atoms with E-state index in [4.69, 9.17) is 10.5 Å². The predicted octanol–water partition coefficient (Wildman–Crippen LogP) is 0.991. The van der Waals surface area contributed by atoms with Crippen LogP contribution in [0.25, 0.3) is 10.9 Å². The molecule has 2 rings (SSSR count). The summed E-state index contributed by atoms with van der Waals surface area (Å²) >= 11 is 0. The monoisotopic (exact) mass is 274 g/mol. The van der Waals surface area contributed by atoms with Crippen molar-refractivity contribution in [2.75, 3.05) is 37.9 Å². The van der Waals surface area contributed by atoms with Gasteiger partial charge in [0.15, 0.2) is 0 Å². The molecular formula is C14H18N4O2. The molecule has 106 valence electrons. The number of aromatic nitrogens is 1. The molecule has 1 amide bonds. The number of carbonyl (C=O) groups excluding carboxylic acids is 1. The van der Waals surface area contributed by atoms with Gasteiger partial charge in [0, 0.05) is 25.2 Å². The van der Waals surface area contributed by atoms with Gasteiger partial charge in [0.1, 0.15) is 0 Å². The molecule has 0 bridgehead atoms. The van der Waals surface area contributed by atoms with Gasteiger partial charge in [-0.1, -0.05) is 0 Å². The quantitative estimate of drug-likeness (QED) is 0.540. The fourth-order valence-corrected chi connectivity index (χ4v) is 1.86. The summed E-state index contributed by atoms with van der Waals surface area (Å²) in [7, 11) is 1.59. The molecule has 1 aromatic carbocycles. The first-order valence-corrected chi connectivity index (χ1v) is 6.35. The lowest BCUT2D eigenvalue weighted by molar-refractivity contribution is -0.119. The average Bonchev–Trinajstić information content (AvgIpc) is 2.47. The first-order chi connectivity index (χ1) is 9.72. The smallest absolute Gasteiger partial charge is 0.239 e. The lowest BCUT2D eigenvalue weighted by atomic mass is 10.1. The summed E-state index contributed by atoms with van der Waals surface area (Å²) in [6.45, 7) is 1.16. The van der Waals surface area contributed by atoms with Crippen LogP contribution in [0.15, 0.2) is 30.5 Å². The molecule has 0 aliphatic heterocycles. The van der Waals surface area contributed by atoms with Crippen molar-refractivity contribution in [3.63, 3.8) is 0 Å². The third-order valence-corrected chi connectivity index (χ3v) is 2.89. The zero-order valence-electron chi connectivity index (χ0n) is 11.3. The summed E-state index contributed by atoms with van der Waals surface area (Å²) in [4.78, 5) is 15.8. The van der Waals surface area contributed by atoms with Crippen LogP contribution in [0.1, 0.15) is 0 Å². The number of benzene rings is 1. The Kier molecular flexibility index (Phi) is 4.73. The van der Waals surface area contributed by atoms with Gasteiger partial charge in [-0.25, -0.2) is 0 Å². The summed E-state index contributed by atoms with van der Waals surface area (Å²) in [5.74, 6) is -0.104. The van der Waals surface area contributed by atoms with E-state index in [0.717, 1.165) is 16.6 Å². The van der Waals surface area contributed by atoms with E-state index in [2.05, 4.69) is 15.6 Å². The Morgan fingerprint density at radius 2 is 2.25 bits per heavy atom. The molecule has 1 aromatic heterocycles. The van der Waals surface area contributed by atoms with Gasteiger partial charge in [0.05, 0.1) is 30.0 Å². The van der Waals surface area contributed by atoms with Gasteiger partial charge < -0.3 is 21.1 Å². The van der Waals surface area contributed by atoms with Crippen molar-refractivity contribution in [1.82, 2.24) is 10.3 Å². The second-order valence-electron chi connectivity index (χ2n) is 4.29. The highest BCUT2D eigenvalue weighted by Crippen LogP contribution is 2.26. The number of pyridine rings is 1. The van der Waals surface area contributed by atoms with Gasteiger partial charge in [-0.15, -0.1) is 0 Å². The molecule has 2 aromatic rings. The number of anilines is 2. The van der Waals surface area contributed by atoms with E-state index in [1.165, 1.54) is 0 Å². The van der Waals surface area contributed by atoms with Crippen LogP contribution in [-0.2, 0) is 9.53 Å². The molecule has 6 heteroatoms. The summed E-state index contributed by atoms with van der Waals surface area (Å²) in [5.41, 5.74) is 8.23. The molecule has 0 atom stereocenters. The molecular weight excluding hydrogens is 256 g/mol. The van der Waals surface area contributed by atoms with Crippen LogP contribution in [0, 0.1) is 0 Å². The van der Waals surface area contributed by atoms with Crippen LogP contribution >= 0.6 is 0 Å². The molecule has 4 N–H and O–H groups in total. The maximum absolute atomic E-state index is 11.6. The van der Waals surface area contributed by atoms with E-state index in [0.29, 0.717) is 18.8 Å². The number of nitrogen functional groups attached to an aromatic ring is 1. The fraction of sp³-hybridized carbons (Fsp3) is 0.286. The maximum atomic E-state index is 11.6. The SMILES string of the molecule is COCCNC(=O)CNc1ccc2ncccc2c1N. The highest BCUT2D eigenvalue weighted by atomic mass is 16.5. The van der Waals surface area contributed by atoms with Crippen LogP contribution in [-0.4, -0.2) is 37.7 Å². The van der Waals surface area contributed by atoms with Gasteiger partial charge in [-0.05, 0) is 24.3 Å². The van der Waals surface area contributed by atoms with Crippen molar-refractivity contribution < 1.29 is 9.53 Å². The Morgan fingerprint density at radius 3 is 3.05 bits per heavy atom. The Bertz CT molecular complexity index is 601. The lowest BCUT2D eigenvalue weighted by Gasteiger charge is -2.11. The van der Waals surface area contributed by atoms with Crippen molar-refractivity contribution >= 4 is 28.2 Å². The van der Waals surface area contributed by atoms with E-state index >= 15 is 0 Å². The molecule has 20 heavy (non-hydrogen) atoms. The number of methoxy groups -OCH3 is 1. The highest BCUT2D eigenvalue weighted by molar-refractivity contribution is 5.97. The second kappa shape index (κ2) is 6.72. The number of nitrogens with two attached hydrogens (primary N) is 1. The number of amides is 1. The molecule has 0 saturated carbocycles. The molecule has 6 nitrogen and oxygen atoms in total. The van der Waals surface area contributed by atoms with E-state index in [1.54, 1.807) is 13.3 Å². The molecule has 0 aliphatic carbocycles. The van der Waals surface area contributed by atoms with Crippen LogP contribution < -0.4 is 16.4 Å². The van der Waals surface area contributed by atoms with E-state index in [1.807, 2.05) is 24.3 Å². The Morgan fingerprint density at radius 1 is 1.40 bits per heavy atom. The minimum absolute atomic E-state index is 0.104. The number of fused-ring (bicyclic) bond motifs is 1. The predicted molar refractivity (Wildman–Crippen MR) is 79.5 cm³/mol. The zero-order chi connectivity index (χ0) is 14.4. The summed E-state index contributed by atoms with van der Waals surface area (Å²) in [6.07, 6.45) is 1.72. The van der Waals surface area contributed by atoms with Gasteiger partial charge in [0.2, 0.25) is 5.91 Å². The van der Waals surface area contributed by atoms with E-state index in [-0.39, 0.29) is 12.5 Å². The first-order valence-electron chi connectivity index (χ1n) is 6.35. The number of carbonyl (C=O) groups is 1.